The van der Waals surface area contributed by atoms with Crippen molar-refractivity contribution in [3.63, 3.8) is 0 Å². The van der Waals surface area contributed by atoms with Gasteiger partial charge >= 0.3 is 0 Å². The number of anilines is 2. The molecule has 1 aromatic carbocycles. The highest BCUT2D eigenvalue weighted by molar-refractivity contribution is 7.92. The summed E-state index contributed by atoms with van der Waals surface area (Å²) in [6, 6.07) is 3.70. The zero-order valence-corrected chi connectivity index (χ0v) is 18.9. The molecule has 0 aromatic heterocycles. The van der Waals surface area contributed by atoms with E-state index in [1.54, 1.807) is 4.90 Å². The monoisotopic (exact) mass is 468 g/mol. The molecule has 0 spiro atoms. The molecule has 2 heterocycles. The summed E-state index contributed by atoms with van der Waals surface area (Å²) in [5, 5.41) is 13.7. The lowest BCUT2D eigenvalue weighted by Crippen LogP contribution is -2.53. The Labute approximate surface area is 181 Å². The number of amidine groups is 1. The van der Waals surface area contributed by atoms with Crippen molar-refractivity contribution in [1.29, 1.82) is 0 Å². The molecule has 10 nitrogen and oxygen atoms in total. The molecule has 1 fully saturated rings. The summed E-state index contributed by atoms with van der Waals surface area (Å²) in [5.41, 5.74) is 0.0760. The molecule has 31 heavy (non-hydrogen) atoms. The number of aliphatic hydroxyl groups is 1. The quantitative estimate of drug-likeness (QED) is 0.611. The number of fused-ring (bicyclic) bond motifs is 2. The van der Waals surface area contributed by atoms with Crippen molar-refractivity contribution < 1.29 is 26.7 Å². The van der Waals surface area contributed by atoms with Crippen LogP contribution in [0.3, 0.4) is 0 Å². The maximum atomic E-state index is 13.3. The SMILES string of the molecule is CC(C)N1C(=O)C(C2=NS(=O)(=O)c3cc(NS(C)(=O)=O)ccc3N2)=C(O)C2CCCC21. The number of nitrogens with one attached hydrogen (secondary N) is 2. The number of rotatable bonds is 4. The van der Waals surface area contributed by atoms with Crippen LogP contribution in [-0.2, 0) is 24.8 Å². The smallest absolute Gasteiger partial charge is 0.286 e. The predicted octanol–water partition coefficient (Wildman–Crippen LogP) is 1.80. The van der Waals surface area contributed by atoms with Crippen molar-refractivity contribution in [2.45, 2.75) is 50.1 Å². The Morgan fingerprint density at radius 2 is 2.00 bits per heavy atom. The molecule has 0 saturated heterocycles. The van der Waals surface area contributed by atoms with E-state index < -0.39 is 26.0 Å². The van der Waals surface area contributed by atoms with E-state index >= 15 is 0 Å². The van der Waals surface area contributed by atoms with Gasteiger partial charge in [-0.2, -0.15) is 8.42 Å². The minimum Gasteiger partial charge on any atom is -0.511 e. The number of carbonyl (C=O) groups excluding carboxylic acids is 1. The van der Waals surface area contributed by atoms with Gasteiger partial charge in [-0.1, -0.05) is 6.42 Å². The molecule has 12 heteroatoms. The van der Waals surface area contributed by atoms with Crippen molar-refractivity contribution in [3.8, 4) is 0 Å². The Morgan fingerprint density at radius 1 is 1.29 bits per heavy atom. The number of hydrogen-bond donors (Lipinski definition) is 3. The summed E-state index contributed by atoms with van der Waals surface area (Å²) < 4.78 is 54.6. The van der Waals surface area contributed by atoms with Gasteiger partial charge in [-0.05, 0) is 44.9 Å². The van der Waals surface area contributed by atoms with Gasteiger partial charge in [-0.25, -0.2) is 8.42 Å². The zero-order chi connectivity index (χ0) is 22.7. The van der Waals surface area contributed by atoms with Crippen molar-refractivity contribution in [3.05, 3.63) is 29.5 Å². The highest BCUT2D eigenvalue weighted by Gasteiger charge is 2.47. The van der Waals surface area contributed by atoms with Gasteiger partial charge in [0.15, 0.2) is 5.84 Å². The lowest BCUT2D eigenvalue weighted by atomic mass is 9.89. The van der Waals surface area contributed by atoms with E-state index in [1.807, 2.05) is 13.8 Å². The summed E-state index contributed by atoms with van der Waals surface area (Å²) in [5.74, 6) is -1.08. The molecule has 1 amide bonds. The average Bonchev–Trinajstić information content (AvgIpc) is 3.10. The van der Waals surface area contributed by atoms with Crippen LogP contribution in [0.25, 0.3) is 0 Å². The Kier molecular flexibility index (Phi) is 5.04. The van der Waals surface area contributed by atoms with Crippen LogP contribution in [0.1, 0.15) is 33.1 Å². The van der Waals surface area contributed by atoms with Gasteiger partial charge in [0.2, 0.25) is 10.0 Å². The van der Waals surface area contributed by atoms with Crippen LogP contribution >= 0.6 is 0 Å². The van der Waals surface area contributed by atoms with E-state index in [-0.39, 0.29) is 51.4 Å². The van der Waals surface area contributed by atoms with Crippen LogP contribution < -0.4 is 10.0 Å². The Morgan fingerprint density at radius 3 is 2.65 bits per heavy atom. The maximum absolute atomic E-state index is 13.3. The van der Waals surface area contributed by atoms with E-state index in [2.05, 4.69) is 14.4 Å². The molecule has 1 aliphatic carbocycles. The van der Waals surface area contributed by atoms with Crippen LogP contribution in [0.4, 0.5) is 11.4 Å². The van der Waals surface area contributed by atoms with Gasteiger partial charge < -0.3 is 15.3 Å². The lowest BCUT2D eigenvalue weighted by Gasteiger charge is -2.41. The molecule has 4 rings (SSSR count). The van der Waals surface area contributed by atoms with Gasteiger partial charge in [0.05, 0.1) is 11.9 Å². The van der Waals surface area contributed by atoms with E-state index in [4.69, 9.17) is 0 Å². The standard InChI is InChI=1S/C19H24N4O6S2/c1-10(2)23-14-6-4-5-12(14)17(24)16(19(23)25)18-20-13-8-7-11(21-30(3,26)27)9-15(13)31(28,29)22-18/h7-10,12,14,21,24H,4-6H2,1-3H3,(H,20,22). The Hall–Kier alpha value is -2.60. The Balaban J connectivity index is 1.79. The molecule has 0 bridgehead atoms. The topological polar surface area (TPSA) is 145 Å². The van der Waals surface area contributed by atoms with Gasteiger partial charge in [-0.15, -0.1) is 4.40 Å². The van der Waals surface area contributed by atoms with Gasteiger partial charge in [0.25, 0.3) is 15.9 Å². The van der Waals surface area contributed by atoms with E-state index in [1.165, 1.54) is 12.1 Å². The first kappa shape index (κ1) is 21.6. The maximum Gasteiger partial charge on any atom is 0.286 e. The summed E-state index contributed by atoms with van der Waals surface area (Å²) in [7, 11) is -7.85. The fourth-order valence-electron chi connectivity index (χ4n) is 4.55. The van der Waals surface area contributed by atoms with Crippen molar-refractivity contribution in [2.24, 2.45) is 10.3 Å². The molecular weight excluding hydrogens is 444 g/mol. The predicted molar refractivity (Wildman–Crippen MR) is 116 cm³/mol. The molecule has 2 unspecified atom stereocenters. The largest absolute Gasteiger partial charge is 0.511 e. The number of amides is 1. The number of hydrogen-bond acceptors (Lipinski definition) is 7. The number of carbonyl (C=O) groups is 1. The van der Waals surface area contributed by atoms with Crippen molar-refractivity contribution in [2.75, 3.05) is 16.3 Å². The highest BCUT2D eigenvalue weighted by atomic mass is 32.2. The normalized spacial score (nSPS) is 25.1. The summed E-state index contributed by atoms with van der Waals surface area (Å²) in [6.45, 7) is 3.76. The summed E-state index contributed by atoms with van der Waals surface area (Å²) in [6.07, 6.45) is 3.30. The molecular formula is C19H24N4O6S2. The third-order valence-electron chi connectivity index (χ3n) is 5.71. The molecule has 2 aliphatic heterocycles. The lowest BCUT2D eigenvalue weighted by molar-refractivity contribution is -0.133. The van der Waals surface area contributed by atoms with Crippen LogP contribution in [0, 0.1) is 5.92 Å². The van der Waals surface area contributed by atoms with Crippen molar-refractivity contribution in [1.82, 2.24) is 4.90 Å². The van der Waals surface area contributed by atoms with E-state index in [0.29, 0.717) is 6.42 Å². The van der Waals surface area contributed by atoms with E-state index in [9.17, 15) is 26.7 Å². The summed E-state index contributed by atoms with van der Waals surface area (Å²) in [4.78, 5) is 14.7. The highest BCUT2D eigenvalue weighted by Crippen LogP contribution is 2.42. The fourth-order valence-corrected chi connectivity index (χ4v) is 6.26. The third-order valence-corrected chi connectivity index (χ3v) is 7.64. The minimum atomic E-state index is -4.25. The average molecular weight is 469 g/mol. The van der Waals surface area contributed by atoms with E-state index in [0.717, 1.165) is 25.2 Å². The Bertz CT molecular complexity index is 1230. The van der Waals surface area contributed by atoms with Crippen molar-refractivity contribution >= 4 is 43.2 Å². The molecule has 3 aliphatic rings. The van der Waals surface area contributed by atoms with Gasteiger partial charge in [-0.3, -0.25) is 9.52 Å². The van der Waals surface area contributed by atoms with Crippen LogP contribution in [0.2, 0.25) is 0 Å². The van der Waals surface area contributed by atoms with Gasteiger partial charge in [0, 0.05) is 23.7 Å². The third kappa shape index (κ3) is 3.78. The number of nitrogens with zero attached hydrogens (tertiary/aromatic N) is 2. The molecule has 0 radical (unpaired) electrons. The first-order chi connectivity index (χ1) is 14.4. The number of benzene rings is 1. The van der Waals surface area contributed by atoms with Gasteiger partial charge in [0.1, 0.15) is 16.2 Å². The molecule has 1 saturated carbocycles. The second-order valence-electron chi connectivity index (χ2n) is 8.30. The number of aliphatic hydroxyl groups excluding tert-OH is 1. The molecule has 168 valence electrons. The van der Waals surface area contributed by atoms with Crippen LogP contribution in [0.15, 0.2) is 38.8 Å². The second-order valence-corrected chi connectivity index (χ2v) is 11.6. The second kappa shape index (κ2) is 7.23. The van der Waals surface area contributed by atoms with Crippen LogP contribution in [-0.4, -0.2) is 56.9 Å². The molecule has 1 aromatic rings. The first-order valence-corrected chi connectivity index (χ1v) is 13.2. The van der Waals surface area contributed by atoms with Crippen LogP contribution in [0.5, 0.6) is 0 Å². The molecule has 2 atom stereocenters. The number of sulfonamides is 2. The summed E-state index contributed by atoms with van der Waals surface area (Å²) >= 11 is 0. The minimum absolute atomic E-state index is 0.0702. The molecule has 3 N–H and O–H groups in total. The first-order valence-electron chi connectivity index (χ1n) is 9.89. The fraction of sp³-hybridized carbons (Fsp3) is 0.474. The zero-order valence-electron chi connectivity index (χ0n) is 17.3.